The predicted octanol–water partition coefficient (Wildman–Crippen LogP) is 10.2. The summed E-state index contributed by atoms with van der Waals surface area (Å²) in [7, 11) is 4.17. The van der Waals surface area contributed by atoms with Crippen LogP contribution in [0.1, 0.15) is 185 Å². The maximum absolute atomic E-state index is 11.8. The number of unbranched alkanes of at least 4 members (excludes halogenated alkanes) is 12. The van der Waals surface area contributed by atoms with Gasteiger partial charge in [0.2, 0.25) is 5.24 Å². The van der Waals surface area contributed by atoms with Crippen LogP contribution in [0.25, 0.3) is 0 Å². The number of ketones is 1. The molecule has 330 valence electrons. The summed E-state index contributed by atoms with van der Waals surface area (Å²) in [5.41, 5.74) is -2.68. The average molecular weight is 857 g/mol. The smallest absolute Gasteiger partial charge is 0.311 e. The van der Waals surface area contributed by atoms with Crippen LogP contribution in [-0.4, -0.2) is 71.7 Å². The molecule has 0 radical (unpaired) electrons. The zero-order valence-corrected chi connectivity index (χ0v) is 39.7. The summed E-state index contributed by atoms with van der Waals surface area (Å²) < 4.78 is 25.0. The normalized spacial score (nSPS) is 19.3. The standard InChI is InChI=1S/C20H40O.C11H19O5P.C6H11O4P.C5H9ClO/c1-5-6-7-8-9-10-11-12-13-14-15-16-17-18-19(21)20(2,3)4;1-10(2,3)9(13)14-6-11(7-15-17)5-4-8(12)16-11;7-3-6(4-9-11)2-1-5(8)10-6;1-5(2,3)4(6)7/h5-18H2,1-4H3;4-7,17H2,1-3H3;7H,1-4,11H2;1-3H3. The maximum Gasteiger partial charge on any atom is 0.311 e. The highest BCUT2D eigenvalue weighted by molar-refractivity contribution is 7.10. The summed E-state index contributed by atoms with van der Waals surface area (Å²) >= 11 is 5.11. The van der Waals surface area contributed by atoms with Crippen LogP contribution in [0.2, 0.25) is 0 Å². The quantitative estimate of drug-likeness (QED) is 0.0386. The minimum absolute atomic E-state index is 0.0449. The van der Waals surface area contributed by atoms with Crippen molar-refractivity contribution in [3.8, 4) is 0 Å². The molecule has 2 saturated heterocycles. The molecule has 14 heteroatoms. The highest BCUT2D eigenvalue weighted by atomic mass is 35.5. The lowest BCUT2D eigenvalue weighted by atomic mass is 9.88. The van der Waals surface area contributed by atoms with Crippen molar-refractivity contribution in [3.05, 3.63) is 0 Å². The summed E-state index contributed by atoms with van der Waals surface area (Å²) in [4.78, 5) is 55.5. The van der Waals surface area contributed by atoms with Crippen LogP contribution in [0.15, 0.2) is 0 Å². The lowest BCUT2D eigenvalue weighted by Gasteiger charge is -2.27. The van der Waals surface area contributed by atoms with E-state index in [1.165, 1.54) is 77.0 Å². The number of aliphatic hydroxyl groups is 1. The molecule has 4 atom stereocenters. The highest BCUT2D eigenvalue weighted by Gasteiger charge is 2.43. The van der Waals surface area contributed by atoms with Gasteiger partial charge in [-0.25, -0.2) is 0 Å². The third-order valence-electron chi connectivity index (χ3n) is 9.22. The first-order valence-corrected chi connectivity index (χ1v) is 21.8. The fourth-order valence-electron chi connectivity index (χ4n) is 5.25. The second-order valence-corrected chi connectivity index (χ2v) is 19.1. The van der Waals surface area contributed by atoms with Gasteiger partial charge in [0.05, 0.1) is 25.2 Å². The number of aliphatic hydroxyl groups excluding tert-OH is 1. The molecule has 2 fully saturated rings. The van der Waals surface area contributed by atoms with Crippen LogP contribution in [0.3, 0.4) is 0 Å². The van der Waals surface area contributed by atoms with Crippen LogP contribution in [-0.2, 0) is 47.2 Å². The molecule has 0 aromatic rings. The van der Waals surface area contributed by atoms with E-state index in [4.69, 9.17) is 40.0 Å². The largest absolute Gasteiger partial charge is 0.461 e. The Morgan fingerprint density at radius 2 is 1.02 bits per heavy atom. The SMILES string of the molecule is CC(C)(C)C(=O)Cl.CC(C)(C)C(=O)OCC1(COP)CCC(=O)O1.CCCCCCCCCCCCCCCC(=O)C(C)(C)C.O=C1CCC(CO)(COP)O1. The minimum atomic E-state index is -0.820. The van der Waals surface area contributed by atoms with Gasteiger partial charge in [-0.3, -0.25) is 24.0 Å². The lowest BCUT2D eigenvalue weighted by molar-refractivity contribution is -0.170. The molecule has 0 aliphatic carbocycles. The van der Waals surface area contributed by atoms with Gasteiger partial charge in [-0.05, 0) is 38.8 Å². The lowest BCUT2D eigenvalue weighted by Crippen LogP contribution is -2.41. The zero-order chi connectivity index (χ0) is 43.5. The third kappa shape index (κ3) is 28.2. The fraction of sp³-hybridized carbons (Fsp3) is 0.881. The monoisotopic (exact) mass is 856 g/mol. The van der Waals surface area contributed by atoms with Gasteiger partial charge >= 0.3 is 17.9 Å². The van der Waals surface area contributed by atoms with E-state index in [1.54, 1.807) is 41.5 Å². The Morgan fingerprint density at radius 1 is 0.643 bits per heavy atom. The van der Waals surface area contributed by atoms with Crippen LogP contribution in [0, 0.1) is 16.2 Å². The third-order valence-corrected chi connectivity index (χ3v) is 10.1. The van der Waals surface area contributed by atoms with Crippen LogP contribution < -0.4 is 0 Å². The molecule has 2 aliphatic rings. The van der Waals surface area contributed by atoms with Gasteiger partial charge in [0.15, 0.2) is 11.2 Å². The van der Waals surface area contributed by atoms with Crippen molar-refractivity contribution in [3.63, 3.8) is 0 Å². The first-order chi connectivity index (χ1) is 25.9. The van der Waals surface area contributed by atoms with Crippen LogP contribution >= 0.6 is 30.5 Å². The van der Waals surface area contributed by atoms with E-state index >= 15 is 0 Å². The number of ether oxygens (including phenoxy) is 3. The van der Waals surface area contributed by atoms with Gasteiger partial charge in [0.25, 0.3) is 0 Å². The first-order valence-electron chi connectivity index (χ1n) is 20.5. The average Bonchev–Trinajstić information content (AvgIpc) is 3.67. The topological polar surface area (TPSA) is 152 Å². The van der Waals surface area contributed by atoms with Crippen molar-refractivity contribution in [2.24, 2.45) is 16.2 Å². The Balaban J connectivity index is 0. The second-order valence-electron chi connectivity index (χ2n) is 18.1. The van der Waals surface area contributed by atoms with Crippen molar-refractivity contribution in [2.75, 3.05) is 26.4 Å². The molecule has 2 rings (SSSR count). The number of cyclic esters (lactones) is 2. The fourth-order valence-corrected chi connectivity index (χ4v) is 5.85. The number of hydrogen-bond donors (Lipinski definition) is 1. The molecule has 0 spiro atoms. The van der Waals surface area contributed by atoms with Gasteiger partial charge in [0, 0.05) is 61.9 Å². The molecule has 11 nitrogen and oxygen atoms in total. The Hall–Kier alpha value is -1.22. The summed E-state index contributed by atoms with van der Waals surface area (Å²) in [5.74, 6) is -0.436. The Bertz CT molecular complexity index is 1130. The van der Waals surface area contributed by atoms with E-state index in [2.05, 4.69) is 25.9 Å². The van der Waals surface area contributed by atoms with E-state index in [-0.39, 0.29) is 60.4 Å². The van der Waals surface area contributed by atoms with Gasteiger partial charge < -0.3 is 28.4 Å². The maximum atomic E-state index is 11.8. The van der Waals surface area contributed by atoms with Crippen molar-refractivity contribution >= 4 is 59.5 Å². The van der Waals surface area contributed by atoms with Gasteiger partial charge in [-0.15, -0.1) is 0 Å². The molecule has 1 N–H and O–H groups in total. The Morgan fingerprint density at radius 3 is 1.32 bits per heavy atom. The van der Waals surface area contributed by atoms with Crippen molar-refractivity contribution in [1.29, 1.82) is 0 Å². The molecule has 0 saturated carbocycles. The summed E-state index contributed by atoms with van der Waals surface area (Å²) in [6, 6.07) is 0. The molecular formula is C42H79ClO11P2. The number of esters is 3. The van der Waals surface area contributed by atoms with E-state index in [0.29, 0.717) is 31.5 Å². The Kier molecular flexibility index (Phi) is 30.4. The molecule has 56 heavy (non-hydrogen) atoms. The minimum Gasteiger partial charge on any atom is -0.461 e. The van der Waals surface area contributed by atoms with Gasteiger partial charge in [-0.2, -0.15) is 0 Å². The number of carbonyl (C=O) groups excluding carboxylic acids is 5. The van der Waals surface area contributed by atoms with E-state index < -0.39 is 16.6 Å². The second kappa shape index (κ2) is 29.9. The molecule has 4 unspecified atom stereocenters. The summed E-state index contributed by atoms with van der Waals surface area (Å²) in [6.07, 6.45) is 20.3. The van der Waals surface area contributed by atoms with Gasteiger partial charge in [0.1, 0.15) is 12.4 Å². The molecular weight excluding hydrogens is 778 g/mol. The number of rotatable bonds is 21. The van der Waals surface area contributed by atoms with Gasteiger partial charge in [-0.1, -0.05) is 126 Å². The number of Topliss-reactive ketones (excluding diaryl/α,β-unsaturated/α-hetero) is 1. The van der Waals surface area contributed by atoms with Crippen LogP contribution in [0.4, 0.5) is 0 Å². The van der Waals surface area contributed by atoms with E-state index in [9.17, 15) is 24.0 Å². The van der Waals surface area contributed by atoms with E-state index in [0.717, 1.165) is 12.8 Å². The number of halogens is 1. The summed E-state index contributed by atoms with van der Waals surface area (Å²) in [6.45, 7) is 19.3. The predicted molar refractivity (Wildman–Crippen MR) is 230 cm³/mol. The highest BCUT2D eigenvalue weighted by Crippen LogP contribution is 2.30. The van der Waals surface area contributed by atoms with E-state index in [1.807, 2.05) is 20.8 Å². The number of carbonyl (C=O) groups is 5. The van der Waals surface area contributed by atoms with Crippen molar-refractivity contribution in [1.82, 2.24) is 0 Å². The number of hydrogen-bond acceptors (Lipinski definition) is 11. The molecule has 0 aromatic carbocycles. The first kappa shape index (κ1) is 56.9. The van der Waals surface area contributed by atoms with Crippen molar-refractivity contribution in [2.45, 2.75) is 196 Å². The molecule has 2 heterocycles. The zero-order valence-electron chi connectivity index (χ0n) is 36.6. The summed E-state index contributed by atoms with van der Waals surface area (Å²) in [5, 5.41) is 8.61. The van der Waals surface area contributed by atoms with Crippen LogP contribution in [0.5, 0.6) is 0 Å². The Labute approximate surface area is 349 Å². The molecule has 0 bridgehead atoms. The molecule has 0 aromatic heterocycles. The molecule has 0 amide bonds. The van der Waals surface area contributed by atoms with Crippen molar-refractivity contribution < 1.29 is 52.3 Å². The molecule has 2 aliphatic heterocycles.